The van der Waals surface area contributed by atoms with Crippen LogP contribution in [-0.2, 0) is 33.3 Å². The number of carbonyl (C=O) groups is 3. The Morgan fingerprint density at radius 3 is 2.19 bits per heavy atom. The summed E-state index contributed by atoms with van der Waals surface area (Å²) in [7, 11) is 0. The van der Waals surface area contributed by atoms with E-state index in [1.165, 1.54) is 6.92 Å². The van der Waals surface area contributed by atoms with E-state index in [1.807, 2.05) is 19.9 Å². The fraction of sp³-hybridized carbons (Fsp3) is 0.794. The van der Waals surface area contributed by atoms with E-state index in [0.29, 0.717) is 19.3 Å². The van der Waals surface area contributed by atoms with Gasteiger partial charge in [0, 0.05) is 30.6 Å². The average Bonchev–Trinajstić information content (AvgIpc) is 3.24. The van der Waals surface area contributed by atoms with Gasteiger partial charge in [0.1, 0.15) is 48.2 Å². The van der Waals surface area contributed by atoms with E-state index in [1.54, 1.807) is 19.9 Å². The molecule has 0 spiro atoms. The molecule has 4 fully saturated rings. The van der Waals surface area contributed by atoms with Gasteiger partial charge in [0.25, 0.3) is 0 Å². The number of aliphatic hydroxyl groups is 6. The van der Waals surface area contributed by atoms with E-state index in [2.05, 4.69) is 6.92 Å². The van der Waals surface area contributed by atoms with Crippen molar-refractivity contribution in [3.63, 3.8) is 0 Å². The number of ether oxygens (including phenoxy) is 4. The lowest BCUT2D eigenvalue weighted by molar-refractivity contribution is -0.360. The van der Waals surface area contributed by atoms with Crippen molar-refractivity contribution in [3.8, 4) is 0 Å². The highest BCUT2D eigenvalue weighted by molar-refractivity contribution is 6.02. The van der Waals surface area contributed by atoms with Gasteiger partial charge in [-0.05, 0) is 50.0 Å². The minimum atomic E-state index is -1.77. The zero-order valence-corrected chi connectivity index (χ0v) is 27.7. The third-order valence-corrected chi connectivity index (χ3v) is 12.7. The quantitative estimate of drug-likeness (QED) is 0.215. The number of Topliss-reactive ketones (excluding diaryl/α,β-unsaturated/α-hetero) is 3. The summed E-state index contributed by atoms with van der Waals surface area (Å²) in [4.78, 5) is 41.1. The number of ketones is 3. The molecule has 2 saturated heterocycles. The molecule has 47 heavy (non-hydrogen) atoms. The van der Waals surface area contributed by atoms with Crippen molar-refractivity contribution in [3.05, 3.63) is 23.5 Å². The summed E-state index contributed by atoms with van der Waals surface area (Å²) in [5, 5.41) is 62.7. The first-order valence-corrected chi connectivity index (χ1v) is 16.5. The molecule has 6 N–H and O–H groups in total. The van der Waals surface area contributed by atoms with Gasteiger partial charge < -0.3 is 49.6 Å². The maximum absolute atomic E-state index is 14.2. The zero-order valence-electron chi connectivity index (χ0n) is 27.7. The van der Waals surface area contributed by atoms with Crippen LogP contribution < -0.4 is 0 Å². The number of fused-ring (bicyclic) bond motifs is 5. The highest BCUT2D eigenvalue weighted by Gasteiger charge is 2.69. The number of allylic oxidation sites excluding steroid dienone is 4. The molecule has 15 atom stereocenters. The SMILES string of the molecule is C[C@@H]1O[C@@H](O[C@H]2[C@H](OC3=C[C@@H]4C(=CC[C@@H]5[C@@]4(C)C(=O)C[C@]4(C)CC(=O)C[C@@]54C)C(C)(C)C3=O)O[C@H](CO)[C@@H](O)[C@@H]2O)[C@H](O)[C@H](O)[C@H]1O. The van der Waals surface area contributed by atoms with Crippen LogP contribution in [0.5, 0.6) is 0 Å². The average molecular weight is 665 g/mol. The van der Waals surface area contributed by atoms with E-state index in [4.69, 9.17) is 18.9 Å². The number of hydrogen-bond acceptors (Lipinski definition) is 13. The maximum Gasteiger partial charge on any atom is 0.229 e. The Kier molecular flexibility index (Phi) is 8.51. The lowest BCUT2D eigenvalue weighted by Crippen LogP contribution is -2.64. The van der Waals surface area contributed by atoms with E-state index in [0.717, 1.165) is 5.57 Å². The Hall–Kier alpha value is -2.07. The van der Waals surface area contributed by atoms with Gasteiger partial charge in [-0.15, -0.1) is 0 Å². The summed E-state index contributed by atoms with van der Waals surface area (Å²) in [6, 6.07) is 0. The van der Waals surface area contributed by atoms with E-state index in [-0.39, 0.29) is 29.7 Å². The van der Waals surface area contributed by atoms with Crippen LogP contribution in [0.2, 0.25) is 0 Å². The third-order valence-electron chi connectivity index (χ3n) is 12.7. The Bertz CT molecular complexity index is 1390. The van der Waals surface area contributed by atoms with Crippen molar-refractivity contribution >= 4 is 17.3 Å². The van der Waals surface area contributed by atoms with Crippen molar-refractivity contribution in [1.29, 1.82) is 0 Å². The molecule has 0 aromatic rings. The Morgan fingerprint density at radius 2 is 1.53 bits per heavy atom. The van der Waals surface area contributed by atoms with Crippen molar-refractivity contribution in [2.24, 2.45) is 33.5 Å². The van der Waals surface area contributed by atoms with Crippen LogP contribution in [0.1, 0.15) is 67.2 Å². The standard InChI is InChI=1S/C34H48O13/c1-14-22(38)24(40)26(42)29(44-14)47-27-25(41)23(39)19(13-35)46-30(27)45-18-9-17-16(31(2,3)28(18)43)7-8-20-33(5)11-15(36)10-32(33,4)12-21(37)34(17,20)6/h7,9,14,17,19-20,22-27,29-30,35,38-42H,8,10-13H2,1-6H3/t14-,17+,19+,20-,22-,23+,24+,25-,26+,27+,29-,30+,32-,33-,34-/m0/s1. The van der Waals surface area contributed by atoms with Gasteiger partial charge in [0.2, 0.25) is 12.1 Å². The van der Waals surface area contributed by atoms with Gasteiger partial charge in [-0.1, -0.05) is 32.4 Å². The van der Waals surface area contributed by atoms with Crippen molar-refractivity contribution in [2.75, 3.05) is 6.61 Å². The molecule has 0 unspecified atom stereocenters. The Labute approximate surface area is 273 Å². The van der Waals surface area contributed by atoms with Crippen LogP contribution in [0.4, 0.5) is 0 Å². The van der Waals surface area contributed by atoms with Gasteiger partial charge in [0.15, 0.2) is 18.2 Å². The molecule has 0 aromatic heterocycles. The minimum Gasteiger partial charge on any atom is -0.459 e. The molecule has 262 valence electrons. The molecule has 0 amide bonds. The fourth-order valence-corrected chi connectivity index (χ4v) is 9.49. The number of rotatable bonds is 5. The van der Waals surface area contributed by atoms with Crippen LogP contribution in [-0.4, -0.2) is 116 Å². The molecular formula is C34H48O13. The molecular weight excluding hydrogens is 616 g/mol. The summed E-state index contributed by atoms with van der Waals surface area (Å²) in [6.45, 7) is 10.3. The number of hydrogen-bond donors (Lipinski definition) is 6. The summed E-state index contributed by atoms with van der Waals surface area (Å²) >= 11 is 0. The first-order valence-electron chi connectivity index (χ1n) is 16.5. The number of carbonyl (C=O) groups excluding carboxylic acids is 3. The van der Waals surface area contributed by atoms with Crippen LogP contribution in [0.25, 0.3) is 0 Å². The van der Waals surface area contributed by atoms with Gasteiger partial charge >= 0.3 is 0 Å². The summed E-state index contributed by atoms with van der Waals surface area (Å²) in [5.41, 5.74) is -2.21. The van der Waals surface area contributed by atoms with E-state index >= 15 is 0 Å². The normalized spacial score (nSPS) is 51.0. The zero-order chi connectivity index (χ0) is 34.6. The molecule has 0 aromatic carbocycles. The van der Waals surface area contributed by atoms with Crippen LogP contribution in [0, 0.1) is 33.5 Å². The molecule has 0 radical (unpaired) electrons. The monoisotopic (exact) mass is 664 g/mol. The lowest BCUT2D eigenvalue weighted by atomic mass is 9.40. The largest absolute Gasteiger partial charge is 0.459 e. The van der Waals surface area contributed by atoms with Crippen LogP contribution in [0.15, 0.2) is 23.5 Å². The van der Waals surface area contributed by atoms with Crippen LogP contribution >= 0.6 is 0 Å². The lowest BCUT2D eigenvalue weighted by Gasteiger charge is -2.62. The summed E-state index contributed by atoms with van der Waals surface area (Å²) < 4.78 is 23.4. The highest BCUT2D eigenvalue weighted by Crippen LogP contribution is 2.70. The molecule has 13 heteroatoms. The molecule has 4 aliphatic carbocycles. The van der Waals surface area contributed by atoms with Gasteiger partial charge in [0.05, 0.1) is 18.1 Å². The Balaban J connectivity index is 1.37. The topological polar surface area (TPSA) is 210 Å². The predicted molar refractivity (Wildman–Crippen MR) is 161 cm³/mol. The highest BCUT2D eigenvalue weighted by atomic mass is 16.8. The number of aliphatic hydroxyl groups excluding tert-OH is 6. The van der Waals surface area contributed by atoms with Crippen LogP contribution in [0.3, 0.4) is 0 Å². The molecule has 2 aliphatic heterocycles. The second kappa shape index (κ2) is 11.5. The fourth-order valence-electron chi connectivity index (χ4n) is 9.49. The van der Waals surface area contributed by atoms with Crippen molar-refractivity contribution < 1.29 is 64.0 Å². The molecule has 2 saturated carbocycles. The predicted octanol–water partition coefficient (Wildman–Crippen LogP) is 0.0646. The summed E-state index contributed by atoms with van der Waals surface area (Å²) in [6.07, 6.45) is -10.3. The second-order valence-corrected chi connectivity index (χ2v) is 15.8. The van der Waals surface area contributed by atoms with E-state index in [9.17, 15) is 45.0 Å². The summed E-state index contributed by atoms with van der Waals surface area (Å²) in [5.74, 6) is -1.19. The van der Waals surface area contributed by atoms with E-state index < -0.39 is 101 Å². The molecule has 2 heterocycles. The minimum absolute atomic E-state index is 0.0147. The van der Waals surface area contributed by atoms with Gasteiger partial charge in [-0.25, -0.2) is 0 Å². The maximum atomic E-state index is 14.2. The first kappa shape index (κ1) is 34.8. The third kappa shape index (κ3) is 4.95. The first-order chi connectivity index (χ1) is 21.8. The van der Waals surface area contributed by atoms with Crippen molar-refractivity contribution in [2.45, 2.75) is 129 Å². The molecule has 6 rings (SSSR count). The van der Waals surface area contributed by atoms with Gasteiger partial charge in [-0.2, -0.15) is 0 Å². The van der Waals surface area contributed by atoms with Crippen molar-refractivity contribution in [1.82, 2.24) is 0 Å². The second-order valence-electron chi connectivity index (χ2n) is 15.8. The molecule has 6 aliphatic rings. The smallest absolute Gasteiger partial charge is 0.229 e. The molecule has 0 bridgehead atoms. The molecule has 13 nitrogen and oxygen atoms in total. The van der Waals surface area contributed by atoms with Gasteiger partial charge in [-0.3, -0.25) is 14.4 Å². The Morgan fingerprint density at radius 1 is 0.851 bits per heavy atom.